The summed E-state index contributed by atoms with van der Waals surface area (Å²) in [7, 11) is 0. The maximum Gasteiger partial charge on any atom is 0.101 e. The van der Waals surface area contributed by atoms with Crippen molar-refractivity contribution in [3.05, 3.63) is 52.5 Å². The average Bonchev–Trinajstić information content (AvgIpc) is 2.43. The number of nitrogen functional groups attached to an aromatic ring is 1. The highest BCUT2D eigenvalue weighted by atomic mass is 35.5. The SMILES string of the molecule is N#Cc1ccc(Cl)c(Nc2ccc(N)c(C#N)c2)c1. The van der Waals surface area contributed by atoms with Crippen molar-refractivity contribution in [1.29, 1.82) is 10.5 Å². The molecule has 2 aromatic carbocycles. The molecule has 5 heteroatoms. The second-order valence-corrected chi connectivity index (χ2v) is 4.25. The lowest BCUT2D eigenvalue weighted by Crippen LogP contribution is -1.95. The van der Waals surface area contributed by atoms with E-state index >= 15 is 0 Å². The minimum absolute atomic E-state index is 0.387. The summed E-state index contributed by atoms with van der Waals surface area (Å²) < 4.78 is 0. The molecule has 0 unspecified atom stereocenters. The second-order valence-electron chi connectivity index (χ2n) is 3.85. The van der Waals surface area contributed by atoms with Gasteiger partial charge in [0.2, 0.25) is 0 Å². The van der Waals surface area contributed by atoms with Crippen LogP contribution in [0.3, 0.4) is 0 Å². The normalized spacial score (nSPS) is 9.42. The Balaban J connectivity index is 2.37. The predicted molar refractivity (Wildman–Crippen MR) is 75.0 cm³/mol. The summed E-state index contributed by atoms with van der Waals surface area (Å²) in [5.41, 5.74) is 8.25. The first-order valence-electron chi connectivity index (χ1n) is 5.40. The lowest BCUT2D eigenvalue weighted by atomic mass is 10.1. The maximum atomic E-state index is 8.92. The van der Waals surface area contributed by atoms with Gasteiger partial charge in [0.1, 0.15) is 6.07 Å². The minimum atomic E-state index is 0.387. The Morgan fingerprint density at radius 1 is 1.05 bits per heavy atom. The number of hydrogen-bond acceptors (Lipinski definition) is 4. The van der Waals surface area contributed by atoms with Crippen molar-refractivity contribution in [2.75, 3.05) is 11.1 Å². The van der Waals surface area contributed by atoms with Crippen molar-refractivity contribution in [3.8, 4) is 12.1 Å². The molecule has 0 radical (unpaired) electrons. The zero-order valence-electron chi connectivity index (χ0n) is 9.81. The Hall–Kier alpha value is -2.69. The zero-order valence-corrected chi connectivity index (χ0v) is 10.6. The van der Waals surface area contributed by atoms with Crippen LogP contribution in [0.1, 0.15) is 11.1 Å². The number of nitrogens with zero attached hydrogens (tertiary/aromatic N) is 2. The van der Waals surface area contributed by atoms with Gasteiger partial charge in [-0.05, 0) is 36.4 Å². The summed E-state index contributed by atoms with van der Waals surface area (Å²) in [4.78, 5) is 0. The van der Waals surface area contributed by atoms with Crippen LogP contribution < -0.4 is 11.1 Å². The van der Waals surface area contributed by atoms with Gasteiger partial charge in [-0.1, -0.05) is 11.6 Å². The van der Waals surface area contributed by atoms with Crippen LogP contribution in [0.25, 0.3) is 0 Å². The van der Waals surface area contributed by atoms with Crippen LogP contribution in [0.2, 0.25) is 5.02 Å². The van der Waals surface area contributed by atoms with Gasteiger partial charge in [0.05, 0.1) is 27.9 Å². The van der Waals surface area contributed by atoms with E-state index in [4.69, 9.17) is 27.9 Å². The van der Waals surface area contributed by atoms with E-state index in [0.29, 0.717) is 33.2 Å². The molecule has 0 saturated carbocycles. The number of rotatable bonds is 2. The molecule has 4 nitrogen and oxygen atoms in total. The molecule has 0 aliphatic carbocycles. The lowest BCUT2D eigenvalue weighted by molar-refractivity contribution is 1.46. The van der Waals surface area contributed by atoms with Crippen LogP contribution in [0.4, 0.5) is 17.1 Å². The molecular weight excluding hydrogens is 260 g/mol. The van der Waals surface area contributed by atoms with E-state index in [1.165, 1.54) is 0 Å². The van der Waals surface area contributed by atoms with Gasteiger partial charge in [-0.3, -0.25) is 0 Å². The topological polar surface area (TPSA) is 85.6 Å². The van der Waals surface area contributed by atoms with Crippen LogP contribution in [-0.2, 0) is 0 Å². The fourth-order valence-electron chi connectivity index (χ4n) is 1.58. The monoisotopic (exact) mass is 268 g/mol. The number of halogens is 1. The molecule has 92 valence electrons. The molecule has 19 heavy (non-hydrogen) atoms. The van der Waals surface area contributed by atoms with Crippen molar-refractivity contribution in [2.45, 2.75) is 0 Å². The van der Waals surface area contributed by atoms with Gasteiger partial charge >= 0.3 is 0 Å². The summed E-state index contributed by atoms with van der Waals surface area (Å²) in [5, 5.41) is 21.3. The van der Waals surface area contributed by atoms with Crippen LogP contribution >= 0.6 is 11.6 Å². The van der Waals surface area contributed by atoms with Crippen molar-refractivity contribution >= 4 is 28.7 Å². The Kier molecular flexibility index (Phi) is 3.56. The number of anilines is 3. The molecule has 0 heterocycles. The molecule has 3 N–H and O–H groups in total. The molecule has 0 amide bonds. The Labute approximate surface area is 115 Å². The van der Waals surface area contributed by atoms with Crippen LogP contribution in [0, 0.1) is 22.7 Å². The van der Waals surface area contributed by atoms with Gasteiger partial charge < -0.3 is 11.1 Å². The molecule has 0 fully saturated rings. The van der Waals surface area contributed by atoms with Crippen molar-refractivity contribution in [1.82, 2.24) is 0 Å². The molecule has 0 atom stereocenters. The third-order valence-corrected chi connectivity index (χ3v) is 2.88. The van der Waals surface area contributed by atoms with Gasteiger partial charge in [-0.25, -0.2) is 0 Å². The van der Waals surface area contributed by atoms with E-state index in [1.807, 2.05) is 12.1 Å². The van der Waals surface area contributed by atoms with Crippen LogP contribution in [0.15, 0.2) is 36.4 Å². The fourth-order valence-corrected chi connectivity index (χ4v) is 1.74. The highest BCUT2D eigenvalue weighted by Crippen LogP contribution is 2.27. The van der Waals surface area contributed by atoms with Gasteiger partial charge in [0.15, 0.2) is 0 Å². The number of nitrogens with two attached hydrogens (primary N) is 1. The quantitative estimate of drug-likeness (QED) is 0.817. The summed E-state index contributed by atoms with van der Waals surface area (Å²) in [6, 6.07) is 14.0. The highest BCUT2D eigenvalue weighted by Gasteiger charge is 2.05. The standard InChI is InChI=1S/C14H9ClN4/c15-12-3-1-9(7-16)5-14(12)19-11-2-4-13(18)10(6-11)8-17/h1-6,19H,18H2. The van der Waals surface area contributed by atoms with E-state index in [2.05, 4.69) is 5.32 Å². The van der Waals surface area contributed by atoms with Gasteiger partial charge in [-0.15, -0.1) is 0 Å². The van der Waals surface area contributed by atoms with Crippen molar-refractivity contribution in [2.24, 2.45) is 0 Å². The van der Waals surface area contributed by atoms with E-state index in [0.717, 1.165) is 0 Å². The van der Waals surface area contributed by atoms with E-state index in [9.17, 15) is 0 Å². The highest BCUT2D eigenvalue weighted by molar-refractivity contribution is 6.33. The second kappa shape index (κ2) is 5.30. The molecule has 0 aliphatic heterocycles. The number of nitrogens with one attached hydrogen (secondary N) is 1. The molecular formula is C14H9ClN4. The lowest BCUT2D eigenvalue weighted by Gasteiger charge is -2.09. The van der Waals surface area contributed by atoms with E-state index in [-0.39, 0.29) is 0 Å². The Morgan fingerprint density at radius 3 is 2.53 bits per heavy atom. The number of benzene rings is 2. The van der Waals surface area contributed by atoms with Gasteiger partial charge in [-0.2, -0.15) is 10.5 Å². The van der Waals surface area contributed by atoms with E-state index in [1.54, 1.807) is 36.4 Å². The Morgan fingerprint density at radius 2 is 1.84 bits per heavy atom. The third-order valence-electron chi connectivity index (χ3n) is 2.55. The number of nitriles is 2. The average molecular weight is 269 g/mol. The predicted octanol–water partition coefficient (Wildman–Crippen LogP) is 3.41. The van der Waals surface area contributed by atoms with Crippen LogP contribution in [0.5, 0.6) is 0 Å². The smallest absolute Gasteiger partial charge is 0.101 e. The first-order valence-corrected chi connectivity index (χ1v) is 5.78. The van der Waals surface area contributed by atoms with Gasteiger partial charge in [0.25, 0.3) is 0 Å². The molecule has 2 rings (SSSR count). The fraction of sp³-hybridized carbons (Fsp3) is 0. The summed E-state index contributed by atoms with van der Waals surface area (Å²) in [5.74, 6) is 0. The molecule has 0 aliphatic rings. The summed E-state index contributed by atoms with van der Waals surface area (Å²) in [6.07, 6.45) is 0. The first kappa shape index (κ1) is 12.8. The largest absolute Gasteiger partial charge is 0.398 e. The Bertz CT molecular complexity index is 710. The molecule has 0 saturated heterocycles. The minimum Gasteiger partial charge on any atom is -0.398 e. The first-order chi connectivity index (χ1) is 9.13. The molecule has 0 spiro atoms. The zero-order chi connectivity index (χ0) is 13.8. The van der Waals surface area contributed by atoms with Gasteiger partial charge in [0, 0.05) is 11.4 Å². The summed E-state index contributed by atoms with van der Waals surface area (Å²) >= 11 is 6.05. The van der Waals surface area contributed by atoms with Crippen molar-refractivity contribution in [3.63, 3.8) is 0 Å². The van der Waals surface area contributed by atoms with E-state index < -0.39 is 0 Å². The third kappa shape index (κ3) is 2.77. The molecule has 2 aromatic rings. The molecule has 0 aromatic heterocycles. The molecule has 0 bridgehead atoms. The maximum absolute atomic E-state index is 8.92. The van der Waals surface area contributed by atoms with Crippen molar-refractivity contribution < 1.29 is 0 Å². The summed E-state index contributed by atoms with van der Waals surface area (Å²) in [6.45, 7) is 0. The number of hydrogen-bond donors (Lipinski definition) is 2. The van der Waals surface area contributed by atoms with Crippen LogP contribution in [-0.4, -0.2) is 0 Å².